The third-order valence-electron chi connectivity index (χ3n) is 6.79. The highest BCUT2D eigenvalue weighted by Crippen LogP contribution is 2.33. The predicted octanol–water partition coefficient (Wildman–Crippen LogP) is 7.04. The number of nitrogens with zero attached hydrogens (tertiary/aromatic N) is 2. The summed E-state index contributed by atoms with van der Waals surface area (Å²) in [5, 5.41) is 10.6. The number of H-pyrrole nitrogens is 1. The summed E-state index contributed by atoms with van der Waals surface area (Å²) in [5.41, 5.74) is 3.38. The number of anilines is 3. The summed E-state index contributed by atoms with van der Waals surface area (Å²) < 4.78 is 5.34. The molecule has 4 N–H and O–H groups in total. The average molecular weight is 561 g/mol. The Kier molecular flexibility index (Phi) is 7.93. The van der Waals surface area contributed by atoms with Crippen LogP contribution in [0.5, 0.6) is 0 Å². The Morgan fingerprint density at radius 1 is 1.02 bits per heavy atom. The van der Waals surface area contributed by atoms with E-state index >= 15 is 0 Å². The summed E-state index contributed by atoms with van der Waals surface area (Å²) >= 11 is 6.47. The lowest BCUT2D eigenvalue weighted by molar-refractivity contribution is -0.120. The molecule has 2 heterocycles. The Balaban J connectivity index is 1.20. The quantitative estimate of drug-likeness (QED) is 0.200. The van der Waals surface area contributed by atoms with Crippen molar-refractivity contribution in [3.8, 4) is 11.3 Å². The van der Waals surface area contributed by atoms with E-state index in [1.165, 1.54) is 0 Å². The van der Waals surface area contributed by atoms with Gasteiger partial charge in [-0.3, -0.25) is 4.79 Å². The molecule has 0 unspecified atom stereocenters. The highest BCUT2D eigenvalue weighted by atomic mass is 35.5. The van der Waals surface area contributed by atoms with Crippen molar-refractivity contribution in [2.24, 2.45) is 5.92 Å². The van der Waals surface area contributed by atoms with Gasteiger partial charge in [0.1, 0.15) is 5.60 Å². The second-order valence-corrected chi connectivity index (χ2v) is 11.4. The van der Waals surface area contributed by atoms with Crippen LogP contribution in [0.4, 0.5) is 22.1 Å². The van der Waals surface area contributed by atoms with Gasteiger partial charge in [-0.15, -0.1) is 0 Å². The first-order chi connectivity index (χ1) is 19.1. The van der Waals surface area contributed by atoms with Crippen LogP contribution in [0.1, 0.15) is 46.5 Å². The molecule has 9 nitrogen and oxygen atoms in total. The number of alkyl carbamates (subject to hydrolysis) is 1. The topological polar surface area (TPSA) is 121 Å². The Morgan fingerprint density at radius 2 is 1.77 bits per heavy atom. The van der Waals surface area contributed by atoms with E-state index in [0.29, 0.717) is 35.2 Å². The molecule has 2 amide bonds. The van der Waals surface area contributed by atoms with Crippen LogP contribution in [-0.2, 0) is 9.53 Å². The number of nitrogens with one attached hydrogen (secondary N) is 4. The number of benzene rings is 2. The first kappa shape index (κ1) is 27.5. The Bertz CT molecular complexity index is 1520. The molecule has 0 spiro atoms. The number of fused-ring (bicyclic) bond motifs is 1. The molecule has 0 aliphatic heterocycles. The molecule has 0 atom stereocenters. The van der Waals surface area contributed by atoms with Crippen molar-refractivity contribution in [2.45, 2.75) is 58.1 Å². The fourth-order valence-corrected chi connectivity index (χ4v) is 5.10. The van der Waals surface area contributed by atoms with Crippen LogP contribution in [0.15, 0.2) is 60.9 Å². The normalized spacial score (nSPS) is 17.3. The summed E-state index contributed by atoms with van der Waals surface area (Å²) in [6.45, 7) is 5.51. The number of rotatable bonds is 6. The van der Waals surface area contributed by atoms with Crippen molar-refractivity contribution in [3.05, 3.63) is 65.9 Å². The second kappa shape index (κ2) is 11.6. The van der Waals surface area contributed by atoms with Crippen LogP contribution in [0.25, 0.3) is 22.2 Å². The number of halogens is 1. The highest BCUT2D eigenvalue weighted by Gasteiger charge is 2.28. The molecule has 5 rings (SSSR count). The van der Waals surface area contributed by atoms with Gasteiger partial charge in [0.05, 0.1) is 16.9 Å². The third-order valence-corrected chi connectivity index (χ3v) is 7.07. The zero-order valence-electron chi connectivity index (χ0n) is 22.8. The molecule has 0 saturated heterocycles. The summed E-state index contributed by atoms with van der Waals surface area (Å²) in [5.74, 6) is 0.243. The molecule has 1 saturated carbocycles. The number of amides is 2. The van der Waals surface area contributed by atoms with Gasteiger partial charge in [-0.1, -0.05) is 35.9 Å². The first-order valence-electron chi connectivity index (χ1n) is 13.4. The van der Waals surface area contributed by atoms with Gasteiger partial charge >= 0.3 is 6.09 Å². The van der Waals surface area contributed by atoms with Crippen LogP contribution in [-0.4, -0.2) is 38.6 Å². The maximum absolute atomic E-state index is 13.0. The molecule has 4 aromatic rings. The Morgan fingerprint density at radius 3 is 2.55 bits per heavy atom. The van der Waals surface area contributed by atoms with Gasteiger partial charge in [0.2, 0.25) is 11.9 Å². The van der Waals surface area contributed by atoms with Crippen molar-refractivity contribution < 1.29 is 14.3 Å². The highest BCUT2D eigenvalue weighted by molar-refractivity contribution is 6.33. The van der Waals surface area contributed by atoms with Crippen LogP contribution >= 0.6 is 11.6 Å². The van der Waals surface area contributed by atoms with Crippen molar-refractivity contribution in [1.82, 2.24) is 20.3 Å². The smallest absolute Gasteiger partial charge is 0.407 e. The number of para-hydroxylation sites is 1. The van der Waals surface area contributed by atoms with Crippen LogP contribution < -0.4 is 16.0 Å². The number of aromatic amines is 1. The van der Waals surface area contributed by atoms with E-state index in [9.17, 15) is 9.59 Å². The SMILES string of the molecule is CC(C)(C)OC(=O)NC1CCC(C(=O)Nc2cccc(Nc3ncc(Cl)c(-c4c[nH]c5ccccc45)n3)c2)CC1. The minimum absolute atomic E-state index is 0.0138. The van der Waals surface area contributed by atoms with Crippen molar-refractivity contribution in [1.29, 1.82) is 0 Å². The number of carbonyl (C=O) groups is 2. The van der Waals surface area contributed by atoms with E-state index in [-0.39, 0.29) is 17.9 Å². The summed E-state index contributed by atoms with van der Waals surface area (Å²) in [6.07, 6.45) is 5.90. The number of aromatic nitrogens is 3. The minimum Gasteiger partial charge on any atom is -0.444 e. The average Bonchev–Trinajstić information content (AvgIpc) is 3.33. The maximum atomic E-state index is 13.0. The Labute approximate surface area is 238 Å². The molecule has 208 valence electrons. The lowest BCUT2D eigenvalue weighted by atomic mass is 9.85. The Hall–Kier alpha value is -4.11. The first-order valence-corrected chi connectivity index (χ1v) is 13.8. The molecule has 0 radical (unpaired) electrons. The fourth-order valence-electron chi connectivity index (χ4n) is 4.91. The molecule has 1 fully saturated rings. The minimum atomic E-state index is -0.538. The largest absolute Gasteiger partial charge is 0.444 e. The molecule has 0 bridgehead atoms. The van der Waals surface area contributed by atoms with Crippen molar-refractivity contribution in [3.63, 3.8) is 0 Å². The molecule has 1 aliphatic rings. The molecular weight excluding hydrogens is 528 g/mol. The number of hydrogen-bond acceptors (Lipinski definition) is 6. The van der Waals surface area contributed by atoms with E-state index in [4.69, 9.17) is 16.3 Å². The molecule has 40 heavy (non-hydrogen) atoms. The molecule has 1 aliphatic carbocycles. The second-order valence-electron chi connectivity index (χ2n) is 11.0. The summed E-state index contributed by atoms with van der Waals surface area (Å²) in [7, 11) is 0. The molecule has 2 aromatic carbocycles. The van der Waals surface area contributed by atoms with Crippen molar-refractivity contribution >= 4 is 51.8 Å². The van der Waals surface area contributed by atoms with Gasteiger partial charge in [0.25, 0.3) is 0 Å². The lowest BCUT2D eigenvalue weighted by Crippen LogP contribution is -2.42. The summed E-state index contributed by atoms with van der Waals surface area (Å²) in [6, 6.07) is 15.4. The van der Waals surface area contributed by atoms with Gasteiger partial charge in [-0.2, -0.15) is 0 Å². The van der Waals surface area contributed by atoms with Crippen LogP contribution in [0, 0.1) is 5.92 Å². The van der Waals surface area contributed by atoms with Gasteiger partial charge < -0.3 is 25.7 Å². The third kappa shape index (κ3) is 6.71. The van der Waals surface area contributed by atoms with E-state index in [2.05, 4.69) is 30.9 Å². The predicted molar refractivity (Wildman–Crippen MR) is 158 cm³/mol. The maximum Gasteiger partial charge on any atom is 0.407 e. The molecule has 10 heteroatoms. The zero-order valence-corrected chi connectivity index (χ0v) is 23.5. The van der Waals surface area contributed by atoms with E-state index in [0.717, 1.165) is 35.0 Å². The zero-order chi connectivity index (χ0) is 28.3. The van der Waals surface area contributed by atoms with Gasteiger partial charge in [0.15, 0.2) is 0 Å². The van der Waals surface area contributed by atoms with E-state index < -0.39 is 11.7 Å². The molecule has 2 aromatic heterocycles. The van der Waals surface area contributed by atoms with Gasteiger partial charge in [-0.05, 0) is 70.7 Å². The van der Waals surface area contributed by atoms with Crippen molar-refractivity contribution in [2.75, 3.05) is 10.6 Å². The monoisotopic (exact) mass is 560 g/mol. The van der Waals surface area contributed by atoms with E-state index in [1.807, 2.05) is 75.5 Å². The fraction of sp³-hybridized carbons (Fsp3) is 0.333. The standard InChI is InChI=1S/C30H33ClN6O3/c1-30(2,3)40-29(39)36-19-13-11-18(12-14-19)27(38)34-20-7-6-8-21(15-20)35-28-33-17-24(31)26(37-28)23-16-32-25-10-5-4-9-22(23)25/h4-10,15-19,32H,11-14H2,1-3H3,(H,34,38)(H,36,39)(H,33,35,37). The molecular formula is C30H33ClN6O3. The van der Waals surface area contributed by atoms with Gasteiger partial charge in [0, 0.05) is 46.0 Å². The summed E-state index contributed by atoms with van der Waals surface area (Å²) in [4.78, 5) is 37.3. The van der Waals surface area contributed by atoms with Crippen LogP contribution in [0.3, 0.4) is 0 Å². The van der Waals surface area contributed by atoms with Crippen LogP contribution in [0.2, 0.25) is 5.02 Å². The number of hydrogen-bond donors (Lipinski definition) is 4. The lowest BCUT2D eigenvalue weighted by Gasteiger charge is -2.29. The number of ether oxygens (including phenoxy) is 1. The van der Waals surface area contributed by atoms with E-state index in [1.54, 1.807) is 6.20 Å². The number of carbonyl (C=O) groups excluding carboxylic acids is 2. The van der Waals surface area contributed by atoms with Gasteiger partial charge in [-0.25, -0.2) is 14.8 Å².